The zero-order chi connectivity index (χ0) is 13.8. The van der Waals surface area contributed by atoms with Crippen LogP contribution in [0.15, 0.2) is 10.6 Å². The third-order valence-corrected chi connectivity index (χ3v) is 3.27. The Morgan fingerprint density at radius 1 is 1.47 bits per heavy atom. The van der Waals surface area contributed by atoms with Crippen molar-refractivity contribution in [1.82, 2.24) is 10.1 Å². The van der Waals surface area contributed by atoms with Crippen LogP contribution >= 0.6 is 0 Å². The van der Waals surface area contributed by atoms with E-state index in [1.54, 1.807) is 4.90 Å². The van der Waals surface area contributed by atoms with Gasteiger partial charge in [-0.1, -0.05) is 5.16 Å². The number of nitrogens with zero attached hydrogens (tertiary/aromatic N) is 2. The minimum absolute atomic E-state index is 0.00207. The summed E-state index contributed by atoms with van der Waals surface area (Å²) in [5.74, 6) is -1.94. The van der Waals surface area contributed by atoms with Crippen molar-refractivity contribution in [2.75, 3.05) is 13.2 Å². The fourth-order valence-corrected chi connectivity index (χ4v) is 2.01. The fraction of sp³-hybridized carbons (Fsp3) is 0.583. The van der Waals surface area contributed by atoms with Gasteiger partial charge in [-0.05, 0) is 25.7 Å². The van der Waals surface area contributed by atoms with Gasteiger partial charge in [-0.3, -0.25) is 4.79 Å². The zero-order valence-corrected chi connectivity index (χ0v) is 10.4. The highest BCUT2D eigenvalue weighted by Gasteiger charge is 2.31. The van der Waals surface area contributed by atoms with Crippen molar-refractivity contribution in [2.45, 2.75) is 31.7 Å². The average molecular weight is 268 g/mol. The highest BCUT2D eigenvalue weighted by atomic mass is 16.5. The van der Waals surface area contributed by atoms with Crippen LogP contribution in [0.3, 0.4) is 0 Å². The molecule has 7 nitrogen and oxygen atoms in total. The lowest BCUT2D eigenvalue weighted by molar-refractivity contribution is 0.0549. The summed E-state index contributed by atoms with van der Waals surface area (Å²) in [5.41, 5.74) is 0.00207. The fourth-order valence-electron chi connectivity index (χ4n) is 2.01. The van der Waals surface area contributed by atoms with Crippen LogP contribution in [-0.2, 0) is 0 Å². The Hall–Kier alpha value is -1.89. The molecule has 0 atom stereocenters. The van der Waals surface area contributed by atoms with E-state index in [0.29, 0.717) is 13.0 Å². The average Bonchev–Trinajstić information content (AvgIpc) is 2.80. The first-order valence-corrected chi connectivity index (χ1v) is 6.25. The zero-order valence-electron chi connectivity index (χ0n) is 10.4. The summed E-state index contributed by atoms with van der Waals surface area (Å²) in [6.07, 6.45) is 3.43. The van der Waals surface area contributed by atoms with Gasteiger partial charge < -0.3 is 19.6 Å². The summed E-state index contributed by atoms with van der Waals surface area (Å²) >= 11 is 0. The van der Waals surface area contributed by atoms with E-state index in [9.17, 15) is 9.59 Å². The van der Waals surface area contributed by atoms with Crippen molar-refractivity contribution in [2.24, 2.45) is 0 Å². The molecule has 1 heterocycles. The molecular formula is C12H16N2O5. The van der Waals surface area contributed by atoms with E-state index in [-0.39, 0.29) is 30.0 Å². The SMILES string of the molecule is O=C(O)c1cc(C(=O)N(CCCO)C2CCC2)no1. The normalized spacial score (nSPS) is 15.0. The van der Waals surface area contributed by atoms with Crippen molar-refractivity contribution < 1.29 is 24.3 Å². The first-order chi connectivity index (χ1) is 9.13. The molecule has 2 rings (SSSR count). The number of aromatic carboxylic acids is 1. The predicted octanol–water partition coefficient (Wildman–Crippen LogP) is 0.750. The van der Waals surface area contributed by atoms with E-state index in [1.165, 1.54) is 0 Å². The number of carboxylic acids is 1. The number of rotatable bonds is 6. The van der Waals surface area contributed by atoms with Crippen molar-refractivity contribution in [3.63, 3.8) is 0 Å². The largest absolute Gasteiger partial charge is 0.475 e. The van der Waals surface area contributed by atoms with E-state index in [1.807, 2.05) is 0 Å². The molecule has 0 bridgehead atoms. The molecule has 2 N–H and O–H groups in total. The number of carbonyl (C=O) groups excluding carboxylic acids is 1. The maximum Gasteiger partial charge on any atom is 0.374 e. The van der Waals surface area contributed by atoms with Gasteiger partial charge in [0, 0.05) is 25.3 Å². The van der Waals surface area contributed by atoms with Gasteiger partial charge in [0.25, 0.3) is 5.91 Å². The van der Waals surface area contributed by atoms with Gasteiger partial charge in [0.05, 0.1) is 0 Å². The summed E-state index contributed by atoms with van der Waals surface area (Å²) in [7, 11) is 0. The summed E-state index contributed by atoms with van der Waals surface area (Å²) in [4.78, 5) is 24.6. The van der Waals surface area contributed by atoms with E-state index in [2.05, 4.69) is 9.68 Å². The summed E-state index contributed by atoms with van der Waals surface area (Å²) in [6, 6.07) is 1.29. The minimum atomic E-state index is -1.25. The summed E-state index contributed by atoms with van der Waals surface area (Å²) in [5, 5.41) is 21.1. The molecule has 1 aromatic rings. The smallest absolute Gasteiger partial charge is 0.374 e. The van der Waals surface area contributed by atoms with Gasteiger partial charge in [0.2, 0.25) is 5.76 Å². The molecule has 0 unspecified atom stereocenters. The van der Waals surface area contributed by atoms with Crippen LogP contribution in [0, 0.1) is 0 Å². The number of carbonyl (C=O) groups is 2. The first-order valence-electron chi connectivity index (χ1n) is 6.25. The van der Waals surface area contributed by atoms with Gasteiger partial charge >= 0.3 is 5.97 Å². The van der Waals surface area contributed by atoms with Crippen LogP contribution in [0.4, 0.5) is 0 Å². The number of amides is 1. The minimum Gasteiger partial charge on any atom is -0.475 e. The first kappa shape index (κ1) is 13.5. The predicted molar refractivity (Wildman–Crippen MR) is 63.8 cm³/mol. The Labute approximate surface area is 109 Å². The highest BCUT2D eigenvalue weighted by molar-refractivity contribution is 5.95. The van der Waals surface area contributed by atoms with Crippen molar-refractivity contribution in [3.8, 4) is 0 Å². The molecule has 0 saturated heterocycles. The van der Waals surface area contributed by atoms with E-state index >= 15 is 0 Å². The van der Waals surface area contributed by atoms with Crippen molar-refractivity contribution in [3.05, 3.63) is 17.5 Å². The standard InChI is InChI=1S/C12H16N2O5/c15-6-2-5-14(8-3-1-4-8)11(16)9-7-10(12(17)18)19-13-9/h7-8,15H,1-6H2,(H,17,18). The maximum atomic E-state index is 12.2. The summed E-state index contributed by atoms with van der Waals surface area (Å²) in [6.45, 7) is 0.449. The second-order valence-electron chi connectivity index (χ2n) is 4.54. The lowest BCUT2D eigenvalue weighted by atomic mass is 9.91. The summed E-state index contributed by atoms with van der Waals surface area (Å²) < 4.78 is 4.59. The molecular weight excluding hydrogens is 252 g/mol. The second kappa shape index (κ2) is 5.83. The van der Waals surface area contributed by atoms with E-state index in [0.717, 1.165) is 25.3 Å². The molecule has 7 heteroatoms. The van der Waals surface area contributed by atoms with Crippen LogP contribution in [-0.4, -0.2) is 51.3 Å². The molecule has 0 aliphatic heterocycles. The molecule has 0 aromatic carbocycles. The number of aromatic nitrogens is 1. The molecule has 1 fully saturated rings. The Morgan fingerprint density at radius 3 is 2.68 bits per heavy atom. The third-order valence-electron chi connectivity index (χ3n) is 3.27. The molecule has 1 aromatic heterocycles. The monoisotopic (exact) mass is 268 g/mol. The Morgan fingerprint density at radius 2 is 2.21 bits per heavy atom. The van der Waals surface area contributed by atoms with Crippen molar-refractivity contribution in [1.29, 1.82) is 0 Å². The number of aliphatic hydroxyl groups is 1. The van der Waals surface area contributed by atoms with Crippen LogP contribution in [0.5, 0.6) is 0 Å². The molecule has 1 aliphatic rings. The molecule has 19 heavy (non-hydrogen) atoms. The maximum absolute atomic E-state index is 12.2. The van der Waals surface area contributed by atoms with Crippen LogP contribution in [0.2, 0.25) is 0 Å². The number of hydrogen-bond donors (Lipinski definition) is 2. The molecule has 1 amide bonds. The quantitative estimate of drug-likeness (QED) is 0.789. The second-order valence-corrected chi connectivity index (χ2v) is 4.54. The molecule has 104 valence electrons. The number of aliphatic hydroxyl groups excluding tert-OH is 1. The van der Waals surface area contributed by atoms with Gasteiger partial charge in [-0.25, -0.2) is 4.79 Å². The van der Waals surface area contributed by atoms with Crippen LogP contribution < -0.4 is 0 Å². The van der Waals surface area contributed by atoms with Crippen molar-refractivity contribution >= 4 is 11.9 Å². The molecule has 0 radical (unpaired) electrons. The Bertz CT molecular complexity index is 466. The van der Waals surface area contributed by atoms with Crippen LogP contribution in [0.25, 0.3) is 0 Å². The van der Waals surface area contributed by atoms with Gasteiger partial charge in [0.15, 0.2) is 5.69 Å². The lowest BCUT2D eigenvalue weighted by Gasteiger charge is -2.37. The van der Waals surface area contributed by atoms with Gasteiger partial charge in [-0.2, -0.15) is 0 Å². The highest BCUT2D eigenvalue weighted by Crippen LogP contribution is 2.26. The topological polar surface area (TPSA) is 104 Å². The molecule has 1 aliphatic carbocycles. The third kappa shape index (κ3) is 2.93. The number of hydrogen-bond acceptors (Lipinski definition) is 5. The molecule has 1 saturated carbocycles. The lowest BCUT2D eigenvalue weighted by Crippen LogP contribution is -2.45. The molecule has 0 spiro atoms. The Kier molecular flexibility index (Phi) is 4.16. The van der Waals surface area contributed by atoms with E-state index in [4.69, 9.17) is 10.2 Å². The number of carboxylic acid groups (broad SMARTS) is 1. The van der Waals surface area contributed by atoms with Gasteiger partial charge in [0.1, 0.15) is 0 Å². The Balaban J connectivity index is 2.10. The van der Waals surface area contributed by atoms with Crippen LogP contribution in [0.1, 0.15) is 46.7 Å². The van der Waals surface area contributed by atoms with Gasteiger partial charge in [-0.15, -0.1) is 0 Å². The van der Waals surface area contributed by atoms with E-state index < -0.39 is 5.97 Å².